The summed E-state index contributed by atoms with van der Waals surface area (Å²) in [5, 5.41) is 0. The van der Waals surface area contributed by atoms with Gasteiger partial charge in [0.2, 0.25) is 0 Å². The van der Waals surface area contributed by atoms with Gasteiger partial charge in [0.1, 0.15) is 18.1 Å². The van der Waals surface area contributed by atoms with E-state index in [0.29, 0.717) is 12.1 Å². The van der Waals surface area contributed by atoms with Gasteiger partial charge in [-0.05, 0) is 44.7 Å². The molecule has 6 heteroatoms. The highest BCUT2D eigenvalue weighted by atomic mass is 16.5. The topological polar surface area (TPSA) is 55.2 Å². The van der Waals surface area contributed by atoms with Gasteiger partial charge in [0.05, 0.1) is 17.9 Å². The Morgan fingerprint density at radius 2 is 1.81 bits per heavy atom. The number of benzene rings is 1. The summed E-state index contributed by atoms with van der Waals surface area (Å²) in [6.07, 6.45) is 2.67. The fraction of sp³-hybridized carbons (Fsp3) is 0.476. The fourth-order valence-corrected chi connectivity index (χ4v) is 3.09. The number of carbonyl (C=O) groups excluding carboxylic acids is 1. The summed E-state index contributed by atoms with van der Waals surface area (Å²) >= 11 is 0. The van der Waals surface area contributed by atoms with E-state index in [0.717, 1.165) is 37.5 Å². The first-order valence-corrected chi connectivity index (χ1v) is 9.42. The first-order valence-electron chi connectivity index (χ1n) is 9.42. The molecule has 27 heavy (non-hydrogen) atoms. The lowest BCUT2D eigenvalue weighted by Crippen LogP contribution is -2.46. The molecule has 1 fully saturated rings. The van der Waals surface area contributed by atoms with E-state index >= 15 is 0 Å². The molecule has 0 saturated carbocycles. The molecule has 0 spiro atoms. The molecular formula is C21H28N2O4. The lowest BCUT2D eigenvalue weighted by molar-refractivity contribution is 0.0147. The molecular weight excluding hydrogens is 344 g/mol. The minimum Gasteiger partial charge on any atom is -0.491 e. The van der Waals surface area contributed by atoms with Crippen LogP contribution in [0.1, 0.15) is 35.9 Å². The number of hydrogen-bond acceptors (Lipinski definition) is 6. The second kappa shape index (κ2) is 9.06. The van der Waals surface area contributed by atoms with Crippen molar-refractivity contribution in [3.05, 3.63) is 54.0 Å². The van der Waals surface area contributed by atoms with Gasteiger partial charge in [-0.3, -0.25) is 4.90 Å². The van der Waals surface area contributed by atoms with Crippen molar-refractivity contribution < 1.29 is 18.7 Å². The van der Waals surface area contributed by atoms with Gasteiger partial charge in [-0.1, -0.05) is 12.1 Å². The van der Waals surface area contributed by atoms with Crippen molar-refractivity contribution in [3.8, 4) is 5.75 Å². The van der Waals surface area contributed by atoms with Gasteiger partial charge in [0.25, 0.3) is 0 Å². The molecule has 1 aliphatic rings. The first kappa shape index (κ1) is 19.5. The second-order valence-corrected chi connectivity index (χ2v) is 7.25. The fourth-order valence-electron chi connectivity index (χ4n) is 3.09. The molecule has 1 atom stereocenters. The van der Waals surface area contributed by atoms with Crippen molar-refractivity contribution in [2.45, 2.75) is 26.1 Å². The molecule has 3 rings (SSSR count). The van der Waals surface area contributed by atoms with Crippen molar-refractivity contribution in [3.63, 3.8) is 0 Å². The van der Waals surface area contributed by atoms with Crippen molar-refractivity contribution in [2.24, 2.45) is 0 Å². The van der Waals surface area contributed by atoms with E-state index < -0.39 is 0 Å². The molecule has 1 aromatic carbocycles. The zero-order chi connectivity index (χ0) is 19.2. The number of carbonyl (C=O) groups is 1. The van der Waals surface area contributed by atoms with Gasteiger partial charge in [-0.15, -0.1) is 0 Å². The number of ether oxygens (including phenoxy) is 2. The van der Waals surface area contributed by atoms with E-state index in [1.807, 2.05) is 38.1 Å². The van der Waals surface area contributed by atoms with Crippen LogP contribution in [0, 0.1) is 0 Å². The molecule has 1 aromatic heterocycles. The average molecular weight is 372 g/mol. The van der Waals surface area contributed by atoms with E-state index in [1.54, 1.807) is 6.07 Å². The number of furan rings is 1. The van der Waals surface area contributed by atoms with E-state index in [-0.39, 0.29) is 18.2 Å². The molecule has 2 aromatic rings. The molecule has 0 amide bonds. The SMILES string of the molecule is CC(C)Oc1ccc(C(CN2CCN(C)CC2)OC(=O)c2ccoc2)cc1. The maximum Gasteiger partial charge on any atom is 0.342 e. The monoisotopic (exact) mass is 372 g/mol. The Morgan fingerprint density at radius 3 is 2.41 bits per heavy atom. The van der Waals surface area contributed by atoms with Gasteiger partial charge in [-0.2, -0.15) is 0 Å². The normalized spacial score (nSPS) is 17.0. The summed E-state index contributed by atoms with van der Waals surface area (Å²) in [7, 11) is 2.13. The quantitative estimate of drug-likeness (QED) is 0.696. The Bertz CT molecular complexity index is 704. The summed E-state index contributed by atoms with van der Waals surface area (Å²) in [5.41, 5.74) is 1.39. The average Bonchev–Trinajstić information content (AvgIpc) is 3.18. The molecule has 146 valence electrons. The van der Waals surface area contributed by atoms with Crippen LogP contribution in [0.4, 0.5) is 0 Å². The zero-order valence-electron chi connectivity index (χ0n) is 16.3. The van der Waals surface area contributed by atoms with Crippen LogP contribution in [-0.2, 0) is 4.74 Å². The third-order valence-electron chi connectivity index (χ3n) is 4.65. The number of likely N-dealkylation sites (N-methyl/N-ethyl adjacent to an activating group) is 1. The third-order valence-corrected chi connectivity index (χ3v) is 4.65. The molecule has 0 radical (unpaired) electrons. The Hall–Kier alpha value is -2.31. The number of nitrogens with zero attached hydrogens (tertiary/aromatic N) is 2. The number of hydrogen-bond donors (Lipinski definition) is 0. The standard InChI is InChI=1S/C21H28N2O4/c1-16(2)26-19-6-4-17(5-7-19)20(14-23-11-9-22(3)10-12-23)27-21(24)18-8-13-25-15-18/h4-8,13,15-16,20H,9-12,14H2,1-3H3. The maximum atomic E-state index is 12.5. The molecule has 1 unspecified atom stereocenters. The maximum absolute atomic E-state index is 12.5. The van der Waals surface area contributed by atoms with E-state index in [2.05, 4.69) is 16.8 Å². The highest BCUT2D eigenvalue weighted by molar-refractivity contribution is 5.89. The van der Waals surface area contributed by atoms with Gasteiger partial charge in [-0.25, -0.2) is 4.79 Å². The third kappa shape index (κ3) is 5.58. The van der Waals surface area contributed by atoms with E-state index in [9.17, 15) is 4.79 Å². The minimum absolute atomic E-state index is 0.121. The first-order chi connectivity index (χ1) is 13.0. The molecule has 0 N–H and O–H groups in total. The predicted octanol–water partition coefficient (Wildman–Crippen LogP) is 3.21. The van der Waals surface area contributed by atoms with Crippen LogP contribution in [0.3, 0.4) is 0 Å². The smallest absolute Gasteiger partial charge is 0.342 e. The molecule has 6 nitrogen and oxygen atoms in total. The lowest BCUT2D eigenvalue weighted by atomic mass is 10.1. The number of rotatable bonds is 7. The van der Waals surface area contributed by atoms with Gasteiger partial charge in [0, 0.05) is 32.7 Å². The number of piperazine rings is 1. The van der Waals surface area contributed by atoms with Crippen LogP contribution >= 0.6 is 0 Å². The van der Waals surface area contributed by atoms with Crippen molar-refractivity contribution >= 4 is 5.97 Å². The van der Waals surface area contributed by atoms with Crippen LogP contribution < -0.4 is 4.74 Å². The van der Waals surface area contributed by atoms with Crippen LogP contribution in [0.2, 0.25) is 0 Å². The predicted molar refractivity (Wildman–Crippen MR) is 103 cm³/mol. The van der Waals surface area contributed by atoms with E-state index in [1.165, 1.54) is 12.5 Å². The van der Waals surface area contributed by atoms with E-state index in [4.69, 9.17) is 13.9 Å². The van der Waals surface area contributed by atoms with Crippen LogP contribution in [0.25, 0.3) is 0 Å². The molecule has 0 aliphatic carbocycles. The second-order valence-electron chi connectivity index (χ2n) is 7.25. The zero-order valence-corrected chi connectivity index (χ0v) is 16.3. The number of esters is 1. The van der Waals surface area contributed by atoms with Crippen molar-refractivity contribution in [1.82, 2.24) is 9.80 Å². The highest BCUT2D eigenvalue weighted by Crippen LogP contribution is 2.24. The van der Waals surface area contributed by atoms with Crippen LogP contribution in [0.15, 0.2) is 47.3 Å². The Labute approximate surface area is 160 Å². The Kier molecular flexibility index (Phi) is 6.53. The Balaban J connectivity index is 1.73. The van der Waals surface area contributed by atoms with Crippen LogP contribution in [-0.4, -0.2) is 61.6 Å². The summed E-state index contributed by atoms with van der Waals surface area (Å²) in [5.74, 6) is 0.443. The summed E-state index contributed by atoms with van der Waals surface area (Å²) < 4.78 is 16.6. The Morgan fingerprint density at radius 1 is 1.11 bits per heavy atom. The molecule has 1 aliphatic heterocycles. The summed E-state index contributed by atoms with van der Waals surface area (Å²) in [4.78, 5) is 17.1. The molecule has 0 bridgehead atoms. The van der Waals surface area contributed by atoms with Gasteiger partial charge < -0.3 is 18.8 Å². The summed E-state index contributed by atoms with van der Waals surface area (Å²) in [6.45, 7) is 8.62. The lowest BCUT2D eigenvalue weighted by Gasteiger charge is -2.34. The minimum atomic E-state index is -0.370. The largest absolute Gasteiger partial charge is 0.491 e. The molecule has 1 saturated heterocycles. The highest BCUT2D eigenvalue weighted by Gasteiger charge is 2.24. The van der Waals surface area contributed by atoms with Gasteiger partial charge in [0.15, 0.2) is 0 Å². The van der Waals surface area contributed by atoms with Gasteiger partial charge >= 0.3 is 5.97 Å². The van der Waals surface area contributed by atoms with Crippen molar-refractivity contribution in [1.29, 1.82) is 0 Å². The molecule has 2 heterocycles. The summed E-state index contributed by atoms with van der Waals surface area (Å²) in [6, 6.07) is 9.42. The van der Waals surface area contributed by atoms with Crippen LogP contribution in [0.5, 0.6) is 5.75 Å². The van der Waals surface area contributed by atoms with Crippen molar-refractivity contribution in [2.75, 3.05) is 39.8 Å².